The highest BCUT2D eigenvalue weighted by molar-refractivity contribution is 5.87. The van der Waals surface area contributed by atoms with Crippen molar-refractivity contribution in [3.8, 4) is 0 Å². The normalized spacial score (nSPS) is 27.8. The summed E-state index contributed by atoms with van der Waals surface area (Å²) in [6.07, 6.45) is 5.50. The van der Waals surface area contributed by atoms with Gasteiger partial charge in [0.2, 0.25) is 0 Å². The van der Waals surface area contributed by atoms with Crippen LogP contribution in [0.25, 0.3) is 0 Å². The van der Waals surface area contributed by atoms with Gasteiger partial charge in [0.25, 0.3) is 0 Å². The third kappa shape index (κ3) is 1.93. The van der Waals surface area contributed by atoms with Crippen LogP contribution in [-0.4, -0.2) is 12.0 Å². The molecule has 1 heterocycles. The molecule has 1 aromatic rings. The van der Waals surface area contributed by atoms with Gasteiger partial charge in [-0.3, -0.25) is 0 Å². The number of carboxylic acid groups (broad SMARTS) is 1. The number of fused-ring (bicyclic) bond motifs is 3. The van der Waals surface area contributed by atoms with Crippen LogP contribution >= 0.6 is 0 Å². The Bertz CT molecular complexity index is 548. The average Bonchev–Trinajstić information content (AvgIpc) is 2.86. The predicted octanol–water partition coefficient (Wildman–Crippen LogP) is 2.16. The van der Waals surface area contributed by atoms with E-state index in [0.29, 0.717) is 23.8 Å². The summed E-state index contributed by atoms with van der Waals surface area (Å²) < 4.78 is 0. The van der Waals surface area contributed by atoms with Crippen molar-refractivity contribution in [3.63, 3.8) is 0 Å². The molecule has 1 aromatic carbocycles. The SMILES string of the molecule is CC(C)[C@H]1Nc2ccc(C(=O)[O-])cc2[C@@H]2C=CC[C@@H]12. The van der Waals surface area contributed by atoms with Crippen molar-refractivity contribution >= 4 is 11.7 Å². The fraction of sp³-hybridized carbons (Fsp3) is 0.438. The number of allylic oxidation sites excluding steroid dienone is 2. The number of carboxylic acids is 1. The molecular weight excluding hydrogens is 238 g/mol. The summed E-state index contributed by atoms with van der Waals surface area (Å²) in [5, 5.41) is 14.6. The Hall–Kier alpha value is -1.77. The van der Waals surface area contributed by atoms with Gasteiger partial charge in [0, 0.05) is 17.6 Å². The molecule has 3 heteroatoms. The zero-order chi connectivity index (χ0) is 13.6. The van der Waals surface area contributed by atoms with Crippen LogP contribution < -0.4 is 10.4 Å². The van der Waals surface area contributed by atoms with Gasteiger partial charge >= 0.3 is 0 Å². The largest absolute Gasteiger partial charge is 0.545 e. The Kier molecular flexibility index (Phi) is 2.85. The third-order valence-corrected chi connectivity index (χ3v) is 4.36. The van der Waals surface area contributed by atoms with Crippen molar-refractivity contribution in [1.29, 1.82) is 0 Å². The Morgan fingerprint density at radius 2 is 2.21 bits per heavy atom. The number of nitrogens with one attached hydrogen (secondary N) is 1. The van der Waals surface area contributed by atoms with E-state index in [1.165, 1.54) is 0 Å². The molecule has 0 unspecified atom stereocenters. The molecule has 0 saturated carbocycles. The van der Waals surface area contributed by atoms with E-state index < -0.39 is 5.97 Å². The van der Waals surface area contributed by atoms with E-state index in [-0.39, 0.29) is 5.56 Å². The van der Waals surface area contributed by atoms with Gasteiger partial charge in [0.1, 0.15) is 0 Å². The predicted molar refractivity (Wildman–Crippen MR) is 73.0 cm³/mol. The van der Waals surface area contributed by atoms with Crippen LogP contribution in [-0.2, 0) is 0 Å². The lowest BCUT2D eigenvalue weighted by molar-refractivity contribution is -0.255. The van der Waals surface area contributed by atoms with Gasteiger partial charge in [0.05, 0.1) is 5.97 Å². The first-order valence-corrected chi connectivity index (χ1v) is 6.86. The van der Waals surface area contributed by atoms with Crippen LogP contribution in [0.5, 0.6) is 0 Å². The lowest BCUT2D eigenvalue weighted by atomic mass is 9.75. The van der Waals surface area contributed by atoms with Gasteiger partial charge in [-0.05, 0) is 41.5 Å². The molecule has 0 bridgehead atoms. The molecule has 0 amide bonds. The molecular formula is C16H18NO2-. The Morgan fingerprint density at radius 3 is 2.89 bits per heavy atom. The summed E-state index contributed by atoms with van der Waals surface area (Å²) in [5.41, 5.74) is 2.43. The quantitative estimate of drug-likeness (QED) is 0.825. The van der Waals surface area contributed by atoms with E-state index >= 15 is 0 Å². The molecule has 1 N–H and O–H groups in total. The van der Waals surface area contributed by atoms with E-state index in [0.717, 1.165) is 17.7 Å². The Labute approximate surface area is 113 Å². The van der Waals surface area contributed by atoms with Crippen LogP contribution in [0.3, 0.4) is 0 Å². The average molecular weight is 256 g/mol. The number of rotatable bonds is 2. The Balaban J connectivity index is 2.05. The fourth-order valence-electron chi connectivity index (χ4n) is 3.42. The molecule has 19 heavy (non-hydrogen) atoms. The van der Waals surface area contributed by atoms with Gasteiger partial charge in [0.15, 0.2) is 0 Å². The number of benzene rings is 1. The van der Waals surface area contributed by atoms with Crippen molar-refractivity contribution in [1.82, 2.24) is 0 Å². The van der Waals surface area contributed by atoms with Gasteiger partial charge in [-0.1, -0.05) is 32.1 Å². The van der Waals surface area contributed by atoms with Crippen LogP contribution in [0.2, 0.25) is 0 Å². The maximum absolute atomic E-state index is 11.0. The van der Waals surface area contributed by atoms with E-state index in [1.807, 2.05) is 6.07 Å². The van der Waals surface area contributed by atoms with Crippen LogP contribution in [0.15, 0.2) is 30.4 Å². The lowest BCUT2D eigenvalue weighted by Gasteiger charge is -2.39. The monoisotopic (exact) mass is 256 g/mol. The molecule has 0 radical (unpaired) electrons. The number of anilines is 1. The van der Waals surface area contributed by atoms with Crippen LogP contribution in [0, 0.1) is 11.8 Å². The second-order valence-corrected chi connectivity index (χ2v) is 5.86. The number of aromatic carboxylic acids is 1. The summed E-state index contributed by atoms with van der Waals surface area (Å²) >= 11 is 0. The van der Waals surface area contributed by atoms with Crippen molar-refractivity contribution in [2.75, 3.05) is 5.32 Å². The third-order valence-electron chi connectivity index (χ3n) is 4.36. The molecule has 100 valence electrons. The van der Waals surface area contributed by atoms with Crippen molar-refractivity contribution in [2.45, 2.75) is 32.2 Å². The van der Waals surface area contributed by atoms with Gasteiger partial charge in [-0.25, -0.2) is 0 Å². The molecule has 3 nitrogen and oxygen atoms in total. The van der Waals surface area contributed by atoms with E-state index in [9.17, 15) is 9.90 Å². The van der Waals surface area contributed by atoms with Gasteiger partial charge < -0.3 is 15.2 Å². The zero-order valence-electron chi connectivity index (χ0n) is 11.2. The van der Waals surface area contributed by atoms with E-state index in [1.54, 1.807) is 12.1 Å². The lowest BCUT2D eigenvalue weighted by Crippen LogP contribution is -2.39. The summed E-state index contributed by atoms with van der Waals surface area (Å²) in [4.78, 5) is 11.0. The van der Waals surface area contributed by atoms with Crippen molar-refractivity contribution in [3.05, 3.63) is 41.5 Å². The zero-order valence-corrected chi connectivity index (χ0v) is 11.2. The maximum Gasteiger partial charge on any atom is 0.0715 e. The molecule has 0 spiro atoms. The molecule has 3 atom stereocenters. The maximum atomic E-state index is 11.0. The second kappa shape index (κ2) is 4.41. The highest BCUT2D eigenvalue weighted by Gasteiger charge is 2.38. The van der Waals surface area contributed by atoms with E-state index in [2.05, 4.69) is 31.3 Å². The number of carbonyl (C=O) groups excluding carboxylic acids is 1. The van der Waals surface area contributed by atoms with Crippen LogP contribution in [0.1, 0.15) is 42.1 Å². The Morgan fingerprint density at radius 1 is 1.42 bits per heavy atom. The van der Waals surface area contributed by atoms with Crippen LogP contribution in [0.4, 0.5) is 5.69 Å². The minimum Gasteiger partial charge on any atom is -0.545 e. The second-order valence-electron chi connectivity index (χ2n) is 5.86. The first-order chi connectivity index (χ1) is 9.08. The molecule has 3 rings (SSSR count). The van der Waals surface area contributed by atoms with Crippen molar-refractivity contribution in [2.24, 2.45) is 11.8 Å². The standard InChI is InChI=1S/C16H19NO2/c1-9(2)15-12-5-3-4-11(12)13-8-10(16(18)19)6-7-14(13)17-15/h3-4,6-9,11-12,15,17H,5H2,1-2H3,(H,18,19)/p-1/t11-,12-,15-/m1/s1. The summed E-state index contributed by atoms with van der Waals surface area (Å²) in [5.74, 6) is 0.320. The van der Waals surface area contributed by atoms with Gasteiger partial charge in [-0.2, -0.15) is 0 Å². The summed E-state index contributed by atoms with van der Waals surface area (Å²) in [7, 11) is 0. The number of carbonyl (C=O) groups is 1. The molecule has 1 aliphatic carbocycles. The summed E-state index contributed by atoms with van der Waals surface area (Å²) in [6, 6.07) is 5.71. The fourth-order valence-corrected chi connectivity index (χ4v) is 3.42. The molecule has 0 saturated heterocycles. The van der Waals surface area contributed by atoms with E-state index in [4.69, 9.17) is 0 Å². The first-order valence-electron chi connectivity index (χ1n) is 6.86. The minimum absolute atomic E-state index is 0.266. The topological polar surface area (TPSA) is 52.2 Å². The highest BCUT2D eigenvalue weighted by Crippen LogP contribution is 2.46. The van der Waals surface area contributed by atoms with Crippen molar-refractivity contribution < 1.29 is 9.90 Å². The summed E-state index contributed by atoms with van der Waals surface area (Å²) in [6.45, 7) is 4.46. The molecule has 1 aliphatic heterocycles. The minimum atomic E-state index is -1.10. The first kappa shape index (κ1) is 12.3. The molecule has 0 aromatic heterocycles. The number of hydrogen-bond acceptors (Lipinski definition) is 3. The smallest absolute Gasteiger partial charge is 0.0715 e. The van der Waals surface area contributed by atoms with Gasteiger partial charge in [-0.15, -0.1) is 0 Å². The highest BCUT2D eigenvalue weighted by atomic mass is 16.4. The number of hydrogen-bond donors (Lipinski definition) is 1. The molecule has 0 fully saturated rings. The molecule has 2 aliphatic rings.